The van der Waals surface area contributed by atoms with Gasteiger partial charge in [0.1, 0.15) is 0 Å². The van der Waals surface area contributed by atoms with E-state index >= 15 is 0 Å². The molecule has 1 atom stereocenters. The molecule has 3 heteroatoms. The molecule has 2 aromatic heterocycles. The lowest BCUT2D eigenvalue weighted by molar-refractivity contribution is 0.796. The summed E-state index contributed by atoms with van der Waals surface area (Å²) in [5, 5.41) is 8.47. The maximum absolute atomic E-state index is 5.51. The molecule has 2 heterocycles. The molecule has 294 valence electrons. The predicted octanol–water partition coefficient (Wildman–Crippen LogP) is 15.4. The molecule has 10 aromatic carbocycles. The Bertz CT molecular complexity index is 3770. The fourth-order valence-corrected chi connectivity index (χ4v) is 10.4. The molecule has 0 radical (unpaired) electrons. The molecule has 1 unspecified atom stereocenters. The van der Waals surface area contributed by atoms with Crippen LogP contribution in [0.4, 0.5) is 0 Å². The average Bonchev–Trinajstić information content (AvgIpc) is 3.70. The highest BCUT2D eigenvalue weighted by molar-refractivity contribution is 6.21. The van der Waals surface area contributed by atoms with Gasteiger partial charge < -0.3 is 0 Å². The van der Waals surface area contributed by atoms with Crippen molar-refractivity contribution in [3.05, 3.63) is 235 Å². The van der Waals surface area contributed by atoms with Crippen molar-refractivity contribution in [3.8, 4) is 50.6 Å². The van der Waals surface area contributed by atoms with Crippen LogP contribution >= 0.6 is 0 Å². The van der Waals surface area contributed by atoms with Crippen LogP contribution in [0.2, 0.25) is 0 Å². The van der Waals surface area contributed by atoms with Gasteiger partial charge >= 0.3 is 0 Å². The molecular formula is C60H39N3. The minimum absolute atomic E-state index is 0.207. The summed E-state index contributed by atoms with van der Waals surface area (Å²) in [5.41, 5.74) is 16.6. The van der Waals surface area contributed by atoms with Crippen molar-refractivity contribution < 1.29 is 0 Å². The third kappa shape index (κ3) is 5.74. The molecule has 3 nitrogen and oxygen atoms in total. The SMILES string of the molecule is c1ccc(-c2ccccc2-c2ccc(-c3nc(-n4c5ccc(C6Cc7cc8ccccc8cc7-c7ccccc76)cc5c5c6ccccc6ccc54)nc4ccccc34)cc2)cc1. The molecular weight excluding hydrogens is 763 g/mol. The van der Waals surface area contributed by atoms with Gasteiger partial charge in [0.05, 0.1) is 22.2 Å². The lowest BCUT2D eigenvalue weighted by atomic mass is 9.75. The van der Waals surface area contributed by atoms with Gasteiger partial charge in [-0.1, -0.05) is 188 Å². The molecule has 0 amide bonds. The highest BCUT2D eigenvalue weighted by Gasteiger charge is 2.28. The van der Waals surface area contributed by atoms with E-state index < -0.39 is 0 Å². The standard InChI is InChI=1S/C60H39N3/c1-2-14-38(15-3-1)46-19-8-9-20-47(46)40-26-28-41(29-27-40)59-51-24-12-13-25-55(51)61-60(62-59)63-56-32-31-44(36-54(56)58-48-21-7-6-16-39(48)30-33-57(58)63)52-37-45-34-42-17-4-5-18-43(42)35-53(45)50-23-11-10-22-49(50)52/h1-36,52H,37H2. The Kier molecular flexibility index (Phi) is 8.04. The predicted molar refractivity (Wildman–Crippen MR) is 263 cm³/mol. The Morgan fingerprint density at radius 3 is 1.83 bits per heavy atom. The van der Waals surface area contributed by atoms with Crippen LogP contribution in [0.5, 0.6) is 0 Å². The first-order valence-electron chi connectivity index (χ1n) is 21.8. The third-order valence-electron chi connectivity index (χ3n) is 13.4. The van der Waals surface area contributed by atoms with Gasteiger partial charge in [0.15, 0.2) is 0 Å². The van der Waals surface area contributed by atoms with E-state index in [9.17, 15) is 0 Å². The topological polar surface area (TPSA) is 30.7 Å². The molecule has 0 saturated carbocycles. The van der Waals surface area contributed by atoms with Crippen molar-refractivity contribution in [2.75, 3.05) is 0 Å². The summed E-state index contributed by atoms with van der Waals surface area (Å²) in [5.74, 6) is 0.868. The number of para-hydroxylation sites is 1. The summed E-state index contributed by atoms with van der Waals surface area (Å²) in [6.07, 6.45) is 0.940. The molecule has 1 aliphatic carbocycles. The minimum atomic E-state index is 0.207. The number of nitrogens with zero attached hydrogens (tertiary/aromatic N) is 3. The minimum Gasteiger partial charge on any atom is -0.278 e. The lowest BCUT2D eigenvalue weighted by Crippen LogP contribution is -2.12. The second-order valence-electron chi connectivity index (χ2n) is 16.9. The van der Waals surface area contributed by atoms with Gasteiger partial charge in [-0.25, -0.2) is 9.97 Å². The van der Waals surface area contributed by atoms with Crippen molar-refractivity contribution in [1.82, 2.24) is 14.5 Å². The first-order chi connectivity index (χ1) is 31.2. The molecule has 0 aliphatic heterocycles. The maximum atomic E-state index is 5.51. The molecule has 13 rings (SSSR count). The van der Waals surface area contributed by atoms with Crippen LogP contribution in [0, 0.1) is 0 Å². The van der Waals surface area contributed by atoms with Crippen molar-refractivity contribution in [3.63, 3.8) is 0 Å². The van der Waals surface area contributed by atoms with Crippen molar-refractivity contribution in [2.45, 2.75) is 12.3 Å². The summed E-state index contributed by atoms with van der Waals surface area (Å²) in [4.78, 5) is 10.8. The number of fused-ring (bicyclic) bond motifs is 10. The second-order valence-corrected chi connectivity index (χ2v) is 16.9. The number of hydrogen-bond donors (Lipinski definition) is 0. The molecule has 63 heavy (non-hydrogen) atoms. The molecule has 0 bridgehead atoms. The van der Waals surface area contributed by atoms with E-state index in [1.165, 1.54) is 82.4 Å². The molecule has 0 saturated heterocycles. The van der Waals surface area contributed by atoms with Crippen LogP contribution in [-0.2, 0) is 6.42 Å². The largest absolute Gasteiger partial charge is 0.278 e. The third-order valence-corrected chi connectivity index (χ3v) is 13.4. The van der Waals surface area contributed by atoms with Gasteiger partial charge in [-0.15, -0.1) is 0 Å². The van der Waals surface area contributed by atoms with Crippen LogP contribution in [0.15, 0.2) is 218 Å². The zero-order chi connectivity index (χ0) is 41.4. The molecule has 0 fully saturated rings. The summed E-state index contributed by atoms with van der Waals surface area (Å²) < 4.78 is 2.29. The lowest BCUT2D eigenvalue weighted by Gasteiger charge is -2.29. The fourth-order valence-electron chi connectivity index (χ4n) is 10.4. The van der Waals surface area contributed by atoms with Crippen LogP contribution in [0.25, 0.3) is 105 Å². The Labute approximate surface area is 365 Å². The number of hydrogen-bond acceptors (Lipinski definition) is 2. The van der Waals surface area contributed by atoms with E-state index in [-0.39, 0.29) is 5.92 Å². The van der Waals surface area contributed by atoms with E-state index in [0.29, 0.717) is 5.95 Å². The van der Waals surface area contributed by atoms with Crippen LogP contribution in [0.3, 0.4) is 0 Å². The van der Waals surface area contributed by atoms with Gasteiger partial charge in [0, 0.05) is 27.6 Å². The highest BCUT2D eigenvalue weighted by atomic mass is 15.2. The Balaban J connectivity index is 0.985. The van der Waals surface area contributed by atoms with Gasteiger partial charge in [-0.3, -0.25) is 4.57 Å². The molecule has 12 aromatic rings. The summed E-state index contributed by atoms with van der Waals surface area (Å²) in [6, 6.07) is 79.5. The van der Waals surface area contributed by atoms with E-state index in [4.69, 9.17) is 9.97 Å². The van der Waals surface area contributed by atoms with E-state index in [1.54, 1.807) is 0 Å². The van der Waals surface area contributed by atoms with Crippen molar-refractivity contribution >= 4 is 54.3 Å². The summed E-state index contributed by atoms with van der Waals surface area (Å²) in [6.45, 7) is 0. The van der Waals surface area contributed by atoms with E-state index in [0.717, 1.165) is 39.6 Å². The Morgan fingerprint density at radius 2 is 1.02 bits per heavy atom. The molecule has 0 N–H and O–H groups in total. The maximum Gasteiger partial charge on any atom is 0.235 e. The van der Waals surface area contributed by atoms with Crippen LogP contribution in [-0.4, -0.2) is 14.5 Å². The number of rotatable bonds is 5. The van der Waals surface area contributed by atoms with Crippen LogP contribution < -0.4 is 0 Å². The quantitative estimate of drug-likeness (QED) is 0.174. The first-order valence-corrected chi connectivity index (χ1v) is 21.8. The smallest absolute Gasteiger partial charge is 0.235 e. The highest BCUT2D eigenvalue weighted by Crippen LogP contribution is 2.46. The van der Waals surface area contributed by atoms with Gasteiger partial charge in [-0.05, 0) is 108 Å². The zero-order valence-electron chi connectivity index (χ0n) is 34.4. The monoisotopic (exact) mass is 801 g/mol. The van der Waals surface area contributed by atoms with Crippen LogP contribution in [0.1, 0.15) is 22.6 Å². The number of aromatic nitrogens is 3. The number of benzene rings is 10. The van der Waals surface area contributed by atoms with Gasteiger partial charge in [0.2, 0.25) is 5.95 Å². The normalized spacial score (nSPS) is 13.5. The summed E-state index contributed by atoms with van der Waals surface area (Å²) >= 11 is 0. The molecule has 1 aliphatic rings. The second kappa shape index (κ2) is 14.2. The van der Waals surface area contributed by atoms with Gasteiger partial charge in [-0.2, -0.15) is 0 Å². The van der Waals surface area contributed by atoms with E-state index in [1.807, 2.05) is 0 Å². The van der Waals surface area contributed by atoms with Gasteiger partial charge in [0.25, 0.3) is 0 Å². The average molecular weight is 802 g/mol. The summed E-state index contributed by atoms with van der Waals surface area (Å²) in [7, 11) is 0. The molecule has 0 spiro atoms. The first kappa shape index (κ1) is 35.6. The Hall–Kier alpha value is -8.14. The fraction of sp³-hybridized carbons (Fsp3) is 0.0333. The Morgan fingerprint density at radius 1 is 0.397 bits per heavy atom. The van der Waals surface area contributed by atoms with Crippen molar-refractivity contribution in [2.24, 2.45) is 0 Å². The zero-order valence-corrected chi connectivity index (χ0v) is 34.4. The van der Waals surface area contributed by atoms with E-state index in [2.05, 4.69) is 223 Å². The van der Waals surface area contributed by atoms with Crippen molar-refractivity contribution in [1.29, 1.82) is 0 Å².